The number of amides is 1. The van der Waals surface area contributed by atoms with Crippen LogP contribution in [-0.2, 0) is 0 Å². The monoisotopic (exact) mass is 388 g/mol. The molecular formula is C20H20N8O. The third-order valence-corrected chi connectivity index (χ3v) is 5.61. The maximum Gasteiger partial charge on any atom is 0.274 e. The molecule has 1 amide bonds. The van der Waals surface area contributed by atoms with Crippen LogP contribution in [0.2, 0.25) is 0 Å². The minimum Gasteiger partial charge on any atom is -0.382 e. The molecule has 3 fully saturated rings. The Kier molecular flexibility index (Phi) is 4.08. The van der Waals surface area contributed by atoms with E-state index in [2.05, 4.69) is 30.2 Å². The summed E-state index contributed by atoms with van der Waals surface area (Å²) < 4.78 is 0. The Bertz CT molecular complexity index is 1070. The third-order valence-electron chi connectivity index (χ3n) is 5.61. The van der Waals surface area contributed by atoms with Crippen LogP contribution >= 0.6 is 0 Å². The summed E-state index contributed by atoms with van der Waals surface area (Å²) in [6.45, 7) is 2.81. The Morgan fingerprint density at radius 2 is 1.97 bits per heavy atom. The fourth-order valence-electron chi connectivity index (χ4n) is 4.17. The third kappa shape index (κ3) is 3.04. The fraction of sp³-hybridized carbons (Fsp3) is 0.300. The molecule has 146 valence electrons. The van der Waals surface area contributed by atoms with Crippen molar-refractivity contribution in [1.29, 1.82) is 0 Å². The predicted molar refractivity (Wildman–Crippen MR) is 107 cm³/mol. The molecule has 3 aromatic rings. The van der Waals surface area contributed by atoms with E-state index in [1.165, 1.54) is 12.4 Å². The maximum atomic E-state index is 12.6. The van der Waals surface area contributed by atoms with E-state index in [9.17, 15) is 4.79 Å². The van der Waals surface area contributed by atoms with E-state index in [4.69, 9.17) is 10.7 Å². The number of rotatable bonds is 4. The Morgan fingerprint density at radius 1 is 1.17 bits per heavy atom. The summed E-state index contributed by atoms with van der Waals surface area (Å²) in [5.41, 5.74) is 7.78. The van der Waals surface area contributed by atoms with E-state index >= 15 is 0 Å². The van der Waals surface area contributed by atoms with Crippen molar-refractivity contribution in [1.82, 2.24) is 30.2 Å². The molecule has 2 saturated heterocycles. The quantitative estimate of drug-likeness (QED) is 0.684. The number of nitrogens with zero attached hydrogens (tertiary/aromatic N) is 6. The lowest BCUT2D eigenvalue weighted by atomic mass is 9.80. The van der Waals surface area contributed by atoms with E-state index in [1.807, 2.05) is 25.1 Å². The van der Waals surface area contributed by atoms with E-state index in [0.29, 0.717) is 11.7 Å². The molecule has 6 rings (SSSR count). The summed E-state index contributed by atoms with van der Waals surface area (Å²) >= 11 is 0. The van der Waals surface area contributed by atoms with Gasteiger partial charge in [-0.1, -0.05) is 0 Å². The van der Waals surface area contributed by atoms with Crippen molar-refractivity contribution in [2.24, 2.45) is 5.92 Å². The highest BCUT2D eigenvalue weighted by Gasteiger charge is 2.53. The molecule has 3 unspecified atom stereocenters. The number of aromatic nitrogens is 5. The summed E-state index contributed by atoms with van der Waals surface area (Å²) in [6, 6.07) is 6.03. The van der Waals surface area contributed by atoms with E-state index in [1.54, 1.807) is 12.4 Å². The second-order valence-electron chi connectivity index (χ2n) is 7.43. The predicted octanol–water partition coefficient (Wildman–Crippen LogP) is 1.23. The zero-order valence-corrected chi connectivity index (χ0v) is 15.9. The highest BCUT2D eigenvalue weighted by atomic mass is 16.2. The first-order valence-corrected chi connectivity index (χ1v) is 9.50. The Morgan fingerprint density at radius 3 is 2.76 bits per heavy atom. The van der Waals surface area contributed by atoms with Gasteiger partial charge in [-0.2, -0.15) is 0 Å². The molecule has 0 spiro atoms. The number of aryl methyl sites for hydroxylation is 1. The van der Waals surface area contributed by atoms with Gasteiger partial charge in [0.25, 0.3) is 5.91 Å². The molecule has 1 saturated carbocycles. The van der Waals surface area contributed by atoms with Gasteiger partial charge in [0.1, 0.15) is 5.82 Å². The number of carbonyl (C=O) groups is 1. The number of carbonyl (C=O) groups excluding carboxylic acids is 1. The van der Waals surface area contributed by atoms with Crippen LogP contribution in [0.1, 0.15) is 22.6 Å². The van der Waals surface area contributed by atoms with Crippen molar-refractivity contribution >= 4 is 17.5 Å². The van der Waals surface area contributed by atoms with Crippen LogP contribution in [0, 0.1) is 12.8 Å². The Hall–Kier alpha value is -3.62. The van der Waals surface area contributed by atoms with E-state index in [-0.39, 0.29) is 29.5 Å². The SMILES string of the molecule is Cc1cc(N2CC3CC2C3NC(=O)c2nccnc2N)nc(-c2ccncc2)n1. The van der Waals surface area contributed by atoms with E-state index < -0.39 is 0 Å². The normalized spacial score (nSPS) is 22.2. The first-order valence-electron chi connectivity index (χ1n) is 9.50. The van der Waals surface area contributed by atoms with Gasteiger partial charge in [-0.15, -0.1) is 0 Å². The topological polar surface area (TPSA) is 123 Å². The highest BCUT2D eigenvalue weighted by molar-refractivity contribution is 5.96. The number of nitrogen functional groups attached to an aromatic ring is 1. The second-order valence-corrected chi connectivity index (χ2v) is 7.43. The van der Waals surface area contributed by atoms with Crippen LogP contribution < -0.4 is 16.0 Å². The summed E-state index contributed by atoms with van der Waals surface area (Å²) in [7, 11) is 0. The molecular weight excluding hydrogens is 368 g/mol. The molecule has 0 aromatic carbocycles. The van der Waals surface area contributed by atoms with Crippen LogP contribution in [0.3, 0.4) is 0 Å². The molecule has 1 aliphatic carbocycles. The lowest BCUT2D eigenvalue weighted by molar-refractivity contribution is 0.0889. The molecule has 9 nitrogen and oxygen atoms in total. The number of nitrogens with one attached hydrogen (secondary N) is 1. The van der Waals surface area contributed by atoms with Gasteiger partial charge in [0.15, 0.2) is 17.3 Å². The van der Waals surface area contributed by atoms with Gasteiger partial charge in [0.05, 0.1) is 12.1 Å². The lowest BCUT2D eigenvalue weighted by Crippen LogP contribution is -2.55. The van der Waals surface area contributed by atoms with Gasteiger partial charge >= 0.3 is 0 Å². The first kappa shape index (κ1) is 17.5. The standard InChI is InChI=1S/C20H20N8O/c1-11-8-15(26-19(25-11)12-2-4-22-5-3-12)28-10-13-9-14(28)16(13)27-20(29)17-18(21)24-7-6-23-17/h2-8,13-14,16H,9-10H2,1H3,(H2,21,24)(H,27,29). The summed E-state index contributed by atoms with van der Waals surface area (Å²) in [4.78, 5) is 36.2. The van der Waals surface area contributed by atoms with Gasteiger partial charge in [0.2, 0.25) is 0 Å². The van der Waals surface area contributed by atoms with Crippen molar-refractivity contribution < 1.29 is 4.79 Å². The molecule has 5 heterocycles. The molecule has 3 aromatic heterocycles. The van der Waals surface area contributed by atoms with E-state index in [0.717, 1.165) is 30.0 Å². The van der Waals surface area contributed by atoms with Crippen molar-refractivity contribution in [3.8, 4) is 11.4 Å². The highest BCUT2D eigenvalue weighted by Crippen LogP contribution is 2.43. The smallest absolute Gasteiger partial charge is 0.274 e. The minimum absolute atomic E-state index is 0.0450. The second kappa shape index (κ2) is 6.77. The molecule has 3 atom stereocenters. The molecule has 3 aliphatic rings. The molecule has 2 bridgehead atoms. The number of pyridine rings is 1. The van der Waals surface area contributed by atoms with Crippen molar-refractivity contribution in [2.75, 3.05) is 17.2 Å². The van der Waals surface area contributed by atoms with Crippen molar-refractivity contribution in [2.45, 2.75) is 25.4 Å². The van der Waals surface area contributed by atoms with Crippen LogP contribution in [0.5, 0.6) is 0 Å². The van der Waals surface area contributed by atoms with Crippen LogP contribution in [0.15, 0.2) is 43.0 Å². The van der Waals surface area contributed by atoms with Crippen molar-refractivity contribution in [3.63, 3.8) is 0 Å². The van der Waals surface area contributed by atoms with Crippen molar-refractivity contribution in [3.05, 3.63) is 54.4 Å². The van der Waals surface area contributed by atoms with Crippen LogP contribution in [0.25, 0.3) is 11.4 Å². The lowest BCUT2D eigenvalue weighted by Gasteiger charge is -2.37. The molecule has 9 heteroatoms. The summed E-state index contributed by atoms with van der Waals surface area (Å²) in [5.74, 6) is 1.80. The number of anilines is 2. The first-order chi connectivity index (χ1) is 14.1. The molecule has 29 heavy (non-hydrogen) atoms. The zero-order valence-electron chi connectivity index (χ0n) is 15.9. The van der Waals surface area contributed by atoms with Gasteiger partial charge in [-0.3, -0.25) is 9.78 Å². The Labute approximate surface area is 167 Å². The fourth-order valence-corrected chi connectivity index (χ4v) is 4.17. The van der Waals surface area contributed by atoms with Gasteiger partial charge in [0, 0.05) is 54.6 Å². The van der Waals surface area contributed by atoms with Gasteiger partial charge < -0.3 is 16.0 Å². The van der Waals surface area contributed by atoms with Crippen LogP contribution in [0.4, 0.5) is 11.6 Å². The Balaban J connectivity index is 1.36. The van der Waals surface area contributed by atoms with Gasteiger partial charge in [-0.05, 0) is 25.5 Å². The summed E-state index contributed by atoms with van der Waals surface area (Å²) in [5, 5.41) is 3.08. The minimum atomic E-state index is -0.284. The zero-order chi connectivity index (χ0) is 20.0. The molecule has 3 N–H and O–H groups in total. The number of nitrogens with two attached hydrogens (primary N) is 1. The average Bonchev–Trinajstić information content (AvgIpc) is 3.32. The number of hydrogen-bond donors (Lipinski definition) is 2. The summed E-state index contributed by atoms with van der Waals surface area (Å²) in [6.07, 6.45) is 7.43. The molecule has 2 aliphatic heterocycles. The molecule has 0 radical (unpaired) electrons. The maximum absolute atomic E-state index is 12.6. The van der Waals surface area contributed by atoms with Crippen LogP contribution in [-0.4, -0.2) is 49.5 Å². The van der Waals surface area contributed by atoms with Gasteiger partial charge in [-0.25, -0.2) is 19.9 Å². The average molecular weight is 388 g/mol. The number of fused-ring (bicyclic) bond motifs is 1. The number of hydrogen-bond acceptors (Lipinski definition) is 8. The largest absolute Gasteiger partial charge is 0.382 e.